The van der Waals surface area contributed by atoms with Gasteiger partial charge in [0.05, 0.1) is 0 Å². The molecule has 0 unspecified atom stereocenters. The third kappa shape index (κ3) is 3.42. The van der Waals surface area contributed by atoms with Crippen LogP contribution in [0.3, 0.4) is 0 Å². The third-order valence-corrected chi connectivity index (χ3v) is 6.52. The molecule has 1 aromatic rings. The summed E-state index contributed by atoms with van der Waals surface area (Å²) < 4.78 is 0. The quantitative estimate of drug-likeness (QED) is 0.811. The van der Waals surface area contributed by atoms with Crippen molar-refractivity contribution in [2.24, 2.45) is 5.41 Å². The van der Waals surface area contributed by atoms with Gasteiger partial charge in [-0.05, 0) is 56.7 Å². The van der Waals surface area contributed by atoms with E-state index in [-0.39, 0.29) is 0 Å². The lowest BCUT2D eigenvalue weighted by Crippen LogP contribution is -2.52. The van der Waals surface area contributed by atoms with E-state index in [9.17, 15) is 0 Å². The van der Waals surface area contributed by atoms with Crippen molar-refractivity contribution in [2.75, 3.05) is 44.2 Å². The lowest BCUT2D eigenvalue weighted by molar-refractivity contribution is 0.0722. The van der Waals surface area contributed by atoms with Crippen LogP contribution in [0.4, 0.5) is 5.95 Å². The molecule has 2 saturated carbocycles. The fourth-order valence-electron chi connectivity index (χ4n) is 4.90. The average Bonchev–Trinajstić information content (AvgIpc) is 3.14. The minimum atomic E-state index is 0.710. The first-order valence-electron chi connectivity index (χ1n) is 9.83. The van der Waals surface area contributed by atoms with Crippen LogP contribution in [-0.2, 0) is 0 Å². The van der Waals surface area contributed by atoms with Crippen LogP contribution in [0, 0.1) is 5.41 Å². The van der Waals surface area contributed by atoms with E-state index in [0.29, 0.717) is 5.41 Å². The van der Waals surface area contributed by atoms with E-state index in [2.05, 4.69) is 25.1 Å². The highest BCUT2D eigenvalue weighted by atomic mass is 15.3. The van der Waals surface area contributed by atoms with Gasteiger partial charge in [-0.25, -0.2) is 9.97 Å². The minimum Gasteiger partial charge on any atom is -0.338 e. The molecule has 0 bridgehead atoms. The Hall–Kier alpha value is -1.20. The predicted molar refractivity (Wildman–Crippen MR) is 97.2 cm³/mol. The standard InChI is InChI=1S/C19H31N5/c1-2-7-19(6-1)8-5-17(19)20-11-4-12-23-13-15-24(16-14-23)18-21-9-3-10-22-18/h3,9-10,17,20H,1-2,4-8,11-16H2/t17-/m1/s1. The second-order valence-electron chi connectivity index (χ2n) is 7.85. The van der Waals surface area contributed by atoms with Gasteiger partial charge in [0.15, 0.2) is 0 Å². The molecular weight excluding hydrogens is 298 g/mol. The topological polar surface area (TPSA) is 44.3 Å². The summed E-state index contributed by atoms with van der Waals surface area (Å²) in [5.41, 5.74) is 0.710. The van der Waals surface area contributed by atoms with Crippen molar-refractivity contribution in [3.05, 3.63) is 18.5 Å². The molecule has 2 heterocycles. The van der Waals surface area contributed by atoms with Crippen molar-refractivity contribution < 1.29 is 0 Å². The summed E-state index contributed by atoms with van der Waals surface area (Å²) in [5.74, 6) is 0.880. The second-order valence-corrected chi connectivity index (χ2v) is 7.85. The van der Waals surface area contributed by atoms with Crippen molar-refractivity contribution in [1.29, 1.82) is 0 Å². The minimum absolute atomic E-state index is 0.710. The number of anilines is 1. The maximum atomic E-state index is 4.36. The molecule has 1 N–H and O–H groups in total. The summed E-state index contributed by atoms with van der Waals surface area (Å²) in [7, 11) is 0. The fraction of sp³-hybridized carbons (Fsp3) is 0.789. The summed E-state index contributed by atoms with van der Waals surface area (Å²) in [6.07, 6.45) is 13.7. The Morgan fingerprint density at radius 3 is 2.46 bits per heavy atom. The average molecular weight is 329 g/mol. The van der Waals surface area contributed by atoms with Gasteiger partial charge in [-0.15, -0.1) is 0 Å². The van der Waals surface area contributed by atoms with E-state index in [1.54, 1.807) is 0 Å². The largest absolute Gasteiger partial charge is 0.338 e. The molecular formula is C19H31N5. The van der Waals surface area contributed by atoms with E-state index >= 15 is 0 Å². The van der Waals surface area contributed by atoms with Crippen molar-refractivity contribution in [3.8, 4) is 0 Å². The van der Waals surface area contributed by atoms with Gasteiger partial charge in [0, 0.05) is 44.6 Å². The first kappa shape index (κ1) is 16.3. The van der Waals surface area contributed by atoms with Crippen LogP contribution < -0.4 is 10.2 Å². The van der Waals surface area contributed by atoms with Gasteiger partial charge in [0.1, 0.15) is 0 Å². The molecule has 5 heteroatoms. The first-order valence-corrected chi connectivity index (χ1v) is 9.83. The van der Waals surface area contributed by atoms with Crippen LogP contribution in [-0.4, -0.2) is 60.2 Å². The number of nitrogens with one attached hydrogen (secondary N) is 1. The van der Waals surface area contributed by atoms with Crippen LogP contribution >= 0.6 is 0 Å². The van der Waals surface area contributed by atoms with Gasteiger partial charge < -0.3 is 10.2 Å². The van der Waals surface area contributed by atoms with E-state index in [0.717, 1.165) is 38.2 Å². The molecule has 0 aromatic carbocycles. The molecule has 1 atom stereocenters. The summed E-state index contributed by atoms with van der Waals surface area (Å²) in [4.78, 5) is 13.6. The summed E-state index contributed by atoms with van der Waals surface area (Å²) in [5, 5.41) is 3.87. The molecule has 1 saturated heterocycles. The van der Waals surface area contributed by atoms with Crippen LogP contribution in [0.5, 0.6) is 0 Å². The molecule has 3 fully saturated rings. The van der Waals surface area contributed by atoms with Gasteiger partial charge in [-0.3, -0.25) is 4.90 Å². The molecule has 1 aliphatic heterocycles. The smallest absolute Gasteiger partial charge is 0.225 e. The molecule has 0 radical (unpaired) electrons. The van der Waals surface area contributed by atoms with Crippen LogP contribution in [0.2, 0.25) is 0 Å². The maximum Gasteiger partial charge on any atom is 0.225 e. The molecule has 1 aromatic heterocycles. The number of nitrogens with zero attached hydrogens (tertiary/aromatic N) is 4. The molecule has 132 valence electrons. The van der Waals surface area contributed by atoms with E-state index in [1.807, 2.05) is 18.5 Å². The Balaban J connectivity index is 1.13. The zero-order chi connectivity index (χ0) is 16.2. The third-order valence-electron chi connectivity index (χ3n) is 6.52. The molecule has 3 aliphatic rings. The van der Waals surface area contributed by atoms with E-state index < -0.39 is 0 Å². The Kier molecular flexibility index (Phi) is 4.99. The van der Waals surface area contributed by atoms with Gasteiger partial charge in [0.25, 0.3) is 0 Å². The molecule has 24 heavy (non-hydrogen) atoms. The SMILES string of the molecule is c1cnc(N2CCN(CCCN[C@@H]3CCC34CCCC4)CC2)nc1. The lowest BCUT2D eigenvalue weighted by atomic mass is 9.63. The highest BCUT2D eigenvalue weighted by Gasteiger charge is 2.47. The van der Waals surface area contributed by atoms with Crippen molar-refractivity contribution >= 4 is 5.95 Å². The van der Waals surface area contributed by atoms with Crippen LogP contribution in [0.15, 0.2) is 18.5 Å². The van der Waals surface area contributed by atoms with Crippen LogP contribution in [0.25, 0.3) is 0 Å². The summed E-state index contributed by atoms with van der Waals surface area (Å²) >= 11 is 0. The zero-order valence-corrected chi connectivity index (χ0v) is 14.8. The van der Waals surface area contributed by atoms with Crippen LogP contribution in [0.1, 0.15) is 44.9 Å². The zero-order valence-electron chi connectivity index (χ0n) is 14.8. The Bertz CT molecular complexity index is 506. The lowest BCUT2D eigenvalue weighted by Gasteiger charge is -2.48. The fourth-order valence-corrected chi connectivity index (χ4v) is 4.90. The van der Waals surface area contributed by atoms with Crippen molar-refractivity contribution in [2.45, 2.75) is 51.0 Å². The van der Waals surface area contributed by atoms with Crippen molar-refractivity contribution in [3.63, 3.8) is 0 Å². The second kappa shape index (κ2) is 7.36. The predicted octanol–water partition coefficient (Wildman–Crippen LogP) is 2.30. The number of aromatic nitrogens is 2. The van der Waals surface area contributed by atoms with E-state index in [4.69, 9.17) is 0 Å². The monoisotopic (exact) mass is 329 g/mol. The summed E-state index contributed by atoms with van der Waals surface area (Å²) in [6, 6.07) is 2.71. The molecule has 4 rings (SSSR count). The number of hydrogen-bond donors (Lipinski definition) is 1. The Morgan fingerprint density at radius 1 is 1.04 bits per heavy atom. The van der Waals surface area contributed by atoms with Gasteiger partial charge >= 0.3 is 0 Å². The van der Waals surface area contributed by atoms with Gasteiger partial charge in [0.2, 0.25) is 5.95 Å². The maximum absolute atomic E-state index is 4.36. The number of hydrogen-bond acceptors (Lipinski definition) is 5. The number of piperazine rings is 1. The Labute approximate surface area is 145 Å². The van der Waals surface area contributed by atoms with Gasteiger partial charge in [-0.1, -0.05) is 12.8 Å². The molecule has 5 nitrogen and oxygen atoms in total. The Morgan fingerprint density at radius 2 is 1.79 bits per heavy atom. The van der Waals surface area contributed by atoms with E-state index in [1.165, 1.54) is 58.0 Å². The first-order chi connectivity index (χ1) is 11.9. The molecule has 0 amide bonds. The molecule has 2 aliphatic carbocycles. The van der Waals surface area contributed by atoms with Gasteiger partial charge in [-0.2, -0.15) is 0 Å². The summed E-state index contributed by atoms with van der Waals surface area (Å²) in [6.45, 7) is 6.76. The normalized spacial score (nSPS) is 26.7. The number of rotatable bonds is 6. The molecule has 1 spiro atoms. The highest BCUT2D eigenvalue weighted by Crippen LogP contribution is 2.53. The van der Waals surface area contributed by atoms with Crippen molar-refractivity contribution in [1.82, 2.24) is 20.2 Å². The highest BCUT2D eigenvalue weighted by molar-refractivity contribution is 5.29.